The van der Waals surface area contributed by atoms with E-state index in [0.717, 1.165) is 36.5 Å². The Labute approximate surface area is 208 Å². The molecule has 1 fully saturated rings. The van der Waals surface area contributed by atoms with Crippen LogP contribution in [-0.4, -0.2) is 60.2 Å². The third-order valence-electron chi connectivity index (χ3n) is 7.20. The molecule has 0 N–H and O–H groups in total. The first kappa shape index (κ1) is 26.0. The van der Waals surface area contributed by atoms with Crippen molar-refractivity contribution in [2.24, 2.45) is 4.99 Å². The predicted molar refractivity (Wildman–Crippen MR) is 130 cm³/mol. The van der Waals surface area contributed by atoms with E-state index in [1.165, 1.54) is 11.6 Å². The number of anilines is 1. The number of unbranched alkanes of at least 4 members (excludes halogenated alkanes) is 1. The van der Waals surface area contributed by atoms with E-state index in [9.17, 15) is 22.4 Å². The zero-order valence-corrected chi connectivity index (χ0v) is 20.4. The molecule has 0 saturated carbocycles. The molecule has 2 atom stereocenters. The summed E-state index contributed by atoms with van der Waals surface area (Å²) in [4.78, 5) is 30.2. The zero-order valence-electron chi connectivity index (χ0n) is 20.4. The number of rotatable bonds is 8. The topological polar surface area (TPSA) is 61.7 Å². The van der Waals surface area contributed by atoms with Crippen molar-refractivity contribution in [3.8, 4) is 0 Å². The molecular formula is C26H31F4N5O. The van der Waals surface area contributed by atoms with Gasteiger partial charge >= 0.3 is 6.18 Å². The zero-order chi connectivity index (χ0) is 25.9. The Morgan fingerprint density at radius 2 is 1.94 bits per heavy atom. The molecule has 1 saturated heterocycles. The van der Waals surface area contributed by atoms with Crippen molar-refractivity contribution in [2.75, 3.05) is 37.6 Å². The van der Waals surface area contributed by atoms with Crippen LogP contribution >= 0.6 is 0 Å². The minimum atomic E-state index is -4.78. The maximum absolute atomic E-state index is 14.3. The second-order valence-electron chi connectivity index (χ2n) is 9.54. The lowest BCUT2D eigenvalue weighted by molar-refractivity contribution is -0.140. The number of hydrogen-bond donors (Lipinski definition) is 0. The molecule has 0 bridgehead atoms. The van der Waals surface area contributed by atoms with Gasteiger partial charge in [-0.2, -0.15) is 13.2 Å². The molecule has 1 aliphatic heterocycles. The van der Waals surface area contributed by atoms with Gasteiger partial charge in [-0.1, -0.05) is 19.4 Å². The van der Waals surface area contributed by atoms with Crippen molar-refractivity contribution in [3.63, 3.8) is 0 Å². The summed E-state index contributed by atoms with van der Waals surface area (Å²) in [5.41, 5.74) is 1.21. The summed E-state index contributed by atoms with van der Waals surface area (Å²) in [6, 6.07) is 2.81. The summed E-state index contributed by atoms with van der Waals surface area (Å²) in [5.74, 6) is -0.958. The molecular weight excluding hydrogens is 474 g/mol. The van der Waals surface area contributed by atoms with Gasteiger partial charge in [-0.05, 0) is 56.0 Å². The first-order valence-electron chi connectivity index (χ1n) is 12.4. The lowest BCUT2D eigenvalue weighted by atomic mass is 9.90. The molecule has 1 amide bonds. The van der Waals surface area contributed by atoms with E-state index in [1.54, 1.807) is 11.2 Å². The highest BCUT2D eigenvalue weighted by atomic mass is 19.4. The molecule has 0 spiro atoms. The van der Waals surface area contributed by atoms with Gasteiger partial charge in [0.25, 0.3) is 0 Å². The van der Waals surface area contributed by atoms with E-state index in [1.807, 2.05) is 0 Å². The monoisotopic (exact) mass is 505 g/mol. The molecule has 10 heteroatoms. The number of piperazine rings is 1. The standard InChI is InChI=1S/C26H31F4N5O/c1-17-6-9-22-23(17)24(33-16-32-22)34-11-13-35(14-12-34)25(36)19(5-3-4-10-31-2)18-7-8-20(21(27)15-18)26(28,29)30/h7-8,15-17,19H,2-6,9-14H2,1H3/t17-,19?/m1/s1. The SMILES string of the molecule is C=NCCCCC(C(=O)N1CCN(c2ncnc3c2[C@H](C)CC3)CC1)c1ccc(C(F)(F)F)c(F)c1. The first-order valence-corrected chi connectivity index (χ1v) is 12.4. The summed E-state index contributed by atoms with van der Waals surface area (Å²) >= 11 is 0. The van der Waals surface area contributed by atoms with Gasteiger partial charge in [0.1, 0.15) is 18.0 Å². The fourth-order valence-electron chi connectivity index (χ4n) is 5.22. The number of aryl methyl sites for hydroxylation is 1. The van der Waals surface area contributed by atoms with Crippen molar-refractivity contribution in [3.05, 3.63) is 52.7 Å². The number of halogens is 4. The van der Waals surface area contributed by atoms with Gasteiger partial charge in [0.15, 0.2) is 0 Å². The van der Waals surface area contributed by atoms with E-state index in [0.29, 0.717) is 57.9 Å². The van der Waals surface area contributed by atoms with Crippen LogP contribution in [0.3, 0.4) is 0 Å². The number of nitrogens with zero attached hydrogens (tertiary/aromatic N) is 5. The minimum Gasteiger partial charge on any atom is -0.353 e. The van der Waals surface area contributed by atoms with Crippen LogP contribution in [0.2, 0.25) is 0 Å². The van der Waals surface area contributed by atoms with Crippen LogP contribution in [0, 0.1) is 5.82 Å². The second-order valence-corrected chi connectivity index (χ2v) is 9.54. The van der Waals surface area contributed by atoms with Crippen molar-refractivity contribution >= 4 is 18.4 Å². The molecule has 1 unspecified atom stereocenters. The summed E-state index contributed by atoms with van der Waals surface area (Å²) in [6.45, 7) is 8.26. The van der Waals surface area contributed by atoms with Crippen molar-refractivity contribution in [1.29, 1.82) is 0 Å². The number of aromatic nitrogens is 2. The van der Waals surface area contributed by atoms with Crippen LogP contribution in [0.4, 0.5) is 23.4 Å². The van der Waals surface area contributed by atoms with Gasteiger partial charge in [-0.3, -0.25) is 4.79 Å². The Morgan fingerprint density at radius 1 is 1.19 bits per heavy atom. The smallest absolute Gasteiger partial charge is 0.353 e. The summed E-state index contributed by atoms with van der Waals surface area (Å²) in [5, 5.41) is 0. The lowest BCUT2D eigenvalue weighted by Gasteiger charge is -2.38. The molecule has 0 radical (unpaired) electrons. The molecule has 2 aromatic rings. The van der Waals surface area contributed by atoms with Crippen LogP contribution in [0.25, 0.3) is 0 Å². The van der Waals surface area contributed by atoms with Gasteiger partial charge in [0.2, 0.25) is 5.91 Å². The molecule has 1 aliphatic carbocycles. The molecule has 36 heavy (non-hydrogen) atoms. The summed E-state index contributed by atoms with van der Waals surface area (Å²) < 4.78 is 53.5. The van der Waals surface area contributed by atoms with Crippen molar-refractivity contribution < 1.29 is 22.4 Å². The Kier molecular flexibility index (Phi) is 7.90. The van der Waals surface area contributed by atoms with Gasteiger partial charge in [0.05, 0.1) is 11.5 Å². The average Bonchev–Trinajstić information content (AvgIpc) is 3.24. The highest BCUT2D eigenvalue weighted by Crippen LogP contribution is 2.38. The third-order valence-corrected chi connectivity index (χ3v) is 7.20. The fraction of sp³-hybridized carbons (Fsp3) is 0.538. The van der Waals surface area contributed by atoms with Gasteiger partial charge in [-0.25, -0.2) is 14.4 Å². The van der Waals surface area contributed by atoms with Crippen LogP contribution in [0.1, 0.15) is 66.8 Å². The van der Waals surface area contributed by atoms with Crippen LogP contribution in [-0.2, 0) is 17.4 Å². The number of aliphatic imine (C=N–C) groups is 1. The molecule has 6 nitrogen and oxygen atoms in total. The number of fused-ring (bicyclic) bond motifs is 1. The molecule has 194 valence electrons. The molecule has 2 aliphatic rings. The summed E-state index contributed by atoms with van der Waals surface area (Å²) in [7, 11) is 0. The number of amides is 1. The van der Waals surface area contributed by atoms with Gasteiger partial charge < -0.3 is 14.8 Å². The van der Waals surface area contributed by atoms with Crippen molar-refractivity contribution in [1.82, 2.24) is 14.9 Å². The second kappa shape index (κ2) is 10.9. The lowest BCUT2D eigenvalue weighted by Crippen LogP contribution is -2.50. The number of benzene rings is 1. The van der Waals surface area contributed by atoms with Crippen LogP contribution in [0.5, 0.6) is 0 Å². The minimum absolute atomic E-state index is 0.193. The third kappa shape index (κ3) is 5.52. The Hall–Kier alpha value is -3.04. The Bertz CT molecular complexity index is 1100. The number of hydrogen-bond acceptors (Lipinski definition) is 5. The largest absolute Gasteiger partial charge is 0.419 e. The number of alkyl halides is 3. The number of carbonyl (C=O) groups is 1. The highest BCUT2D eigenvalue weighted by Gasteiger charge is 2.36. The van der Waals surface area contributed by atoms with E-state index in [-0.39, 0.29) is 11.5 Å². The molecule has 1 aromatic heterocycles. The Morgan fingerprint density at radius 3 is 2.61 bits per heavy atom. The van der Waals surface area contributed by atoms with Gasteiger partial charge in [0, 0.05) is 44.0 Å². The van der Waals surface area contributed by atoms with Crippen LogP contribution in [0.15, 0.2) is 29.5 Å². The number of carbonyl (C=O) groups excluding carboxylic acids is 1. The normalized spacial score (nSPS) is 18.8. The van der Waals surface area contributed by atoms with E-state index in [2.05, 4.69) is 33.5 Å². The fourth-order valence-corrected chi connectivity index (χ4v) is 5.22. The quantitative estimate of drug-likeness (QED) is 0.288. The van der Waals surface area contributed by atoms with E-state index >= 15 is 0 Å². The average molecular weight is 506 g/mol. The highest BCUT2D eigenvalue weighted by molar-refractivity contribution is 5.84. The summed E-state index contributed by atoms with van der Waals surface area (Å²) in [6.07, 6.45) is 0.522. The Balaban J connectivity index is 1.49. The molecule has 4 rings (SSSR count). The van der Waals surface area contributed by atoms with E-state index in [4.69, 9.17) is 0 Å². The van der Waals surface area contributed by atoms with E-state index < -0.39 is 23.5 Å². The van der Waals surface area contributed by atoms with Crippen molar-refractivity contribution in [2.45, 2.75) is 57.0 Å². The molecule has 1 aromatic carbocycles. The first-order chi connectivity index (χ1) is 17.2. The predicted octanol–water partition coefficient (Wildman–Crippen LogP) is 4.99. The maximum Gasteiger partial charge on any atom is 0.419 e. The van der Waals surface area contributed by atoms with Gasteiger partial charge in [-0.15, -0.1) is 0 Å². The van der Waals surface area contributed by atoms with Crippen LogP contribution < -0.4 is 4.90 Å². The molecule has 2 heterocycles. The maximum atomic E-state index is 14.3.